The predicted molar refractivity (Wildman–Crippen MR) is 146 cm³/mol. The van der Waals surface area contributed by atoms with E-state index in [1.54, 1.807) is 49.8 Å². The molecular weight excluding hydrogens is 472 g/mol. The fourth-order valence-electron chi connectivity index (χ4n) is 4.60. The van der Waals surface area contributed by atoms with E-state index in [-0.39, 0.29) is 0 Å². The van der Waals surface area contributed by atoms with Crippen molar-refractivity contribution < 1.29 is 0 Å². The van der Waals surface area contributed by atoms with Gasteiger partial charge in [-0.15, -0.1) is 0 Å². The molecule has 0 aliphatic rings. The maximum absolute atomic E-state index is 4.50. The minimum Gasteiger partial charge on any atom is -0.261 e. The van der Waals surface area contributed by atoms with Gasteiger partial charge in [-0.05, 0) is 52.6 Å². The van der Waals surface area contributed by atoms with Crippen molar-refractivity contribution in [3.05, 3.63) is 110 Å². The van der Waals surface area contributed by atoms with Gasteiger partial charge in [0, 0.05) is 35.6 Å². The molecule has 0 unspecified atom stereocenters. The van der Waals surface area contributed by atoms with Crippen LogP contribution in [0.4, 0.5) is 0 Å². The largest absolute Gasteiger partial charge is 0.261 e. The molecule has 7 rings (SSSR count). The molecule has 0 amide bonds. The van der Waals surface area contributed by atoms with Crippen LogP contribution in [0.15, 0.2) is 110 Å². The molecule has 4 heterocycles. The summed E-state index contributed by atoms with van der Waals surface area (Å²) < 4.78 is 0. The van der Waals surface area contributed by atoms with Crippen molar-refractivity contribution in [1.29, 1.82) is 0 Å². The molecule has 4 aromatic heterocycles. The van der Waals surface area contributed by atoms with E-state index in [9.17, 15) is 0 Å². The first-order chi connectivity index (χ1) is 18.8. The standard InChI is InChI=1S/C30H18N8/c1-2-19(21-4-6-25-23(13-21)29(37-17-35-25)27-15-31-8-10-33-27)12-20(3-1)22-5-7-26-24(14-22)30(38-18-36-26)28-16-32-9-11-34-28/h1-18H. The maximum Gasteiger partial charge on any atom is 0.116 e. The number of hydrogen-bond donors (Lipinski definition) is 0. The molecule has 0 fully saturated rings. The fraction of sp³-hybridized carbons (Fsp3) is 0. The van der Waals surface area contributed by atoms with Gasteiger partial charge in [0.15, 0.2) is 0 Å². The van der Waals surface area contributed by atoms with E-state index in [1.165, 1.54) is 0 Å². The Balaban J connectivity index is 1.33. The van der Waals surface area contributed by atoms with Crippen molar-refractivity contribution >= 4 is 21.8 Å². The van der Waals surface area contributed by atoms with Crippen LogP contribution in [-0.2, 0) is 0 Å². The van der Waals surface area contributed by atoms with E-state index in [0.29, 0.717) is 11.4 Å². The average Bonchev–Trinajstić information content (AvgIpc) is 3.01. The van der Waals surface area contributed by atoms with Gasteiger partial charge in [-0.25, -0.2) is 19.9 Å². The van der Waals surface area contributed by atoms with Crippen LogP contribution in [0.3, 0.4) is 0 Å². The lowest BCUT2D eigenvalue weighted by molar-refractivity contribution is 1.16. The second kappa shape index (κ2) is 9.18. The Bertz CT molecular complexity index is 1790. The third kappa shape index (κ3) is 3.90. The molecule has 0 saturated carbocycles. The molecule has 0 radical (unpaired) electrons. The zero-order chi connectivity index (χ0) is 25.3. The molecule has 0 bridgehead atoms. The zero-order valence-corrected chi connectivity index (χ0v) is 20.0. The summed E-state index contributed by atoms with van der Waals surface area (Å²) in [4.78, 5) is 35.2. The van der Waals surface area contributed by atoms with E-state index in [0.717, 1.165) is 55.4 Å². The maximum atomic E-state index is 4.50. The smallest absolute Gasteiger partial charge is 0.116 e. The van der Waals surface area contributed by atoms with Crippen LogP contribution < -0.4 is 0 Å². The Labute approximate surface area is 217 Å². The van der Waals surface area contributed by atoms with Gasteiger partial charge in [0.05, 0.1) is 23.4 Å². The summed E-state index contributed by atoms with van der Waals surface area (Å²) in [6, 6.07) is 20.9. The van der Waals surface area contributed by atoms with Crippen molar-refractivity contribution in [3.63, 3.8) is 0 Å². The van der Waals surface area contributed by atoms with Crippen molar-refractivity contribution in [1.82, 2.24) is 39.9 Å². The van der Waals surface area contributed by atoms with Gasteiger partial charge in [-0.1, -0.05) is 30.3 Å². The van der Waals surface area contributed by atoms with E-state index < -0.39 is 0 Å². The zero-order valence-electron chi connectivity index (χ0n) is 20.0. The number of hydrogen-bond acceptors (Lipinski definition) is 8. The lowest BCUT2D eigenvalue weighted by atomic mass is 9.96. The van der Waals surface area contributed by atoms with Crippen LogP contribution in [0.25, 0.3) is 66.8 Å². The molecular formula is C30H18N8. The van der Waals surface area contributed by atoms with Crippen LogP contribution in [0, 0.1) is 0 Å². The highest BCUT2D eigenvalue weighted by Crippen LogP contribution is 2.33. The highest BCUT2D eigenvalue weighted by Gasteiger charge is 2.12. The number of nitrogens with zero attached hydrogens (tertiary/aromatic N) is 8. The summed E-state index contributed by atoms with van der Waals surface area (Å²) in [5.74, 6) is 0. The first-order valence-electron chi connectivity index (χ1n) is 12.0. The number of fused-ring (bicyclic) bond motifs is 2. The summed E-state index contributed by atoms with van der Waals surface area (Å²) >= 11 is 0. The third-order valence-corrected chi connectivity index (χ3v) is 6.41. The summed E-state index contributed by atoms with van der Waals surface area (Å²) in [6.07, 6.45) is 13.2. The molecule has 0 N–H and O–H groups in total. The van der Waals surface area contributed by atoms with E-state index in [4.69, 9.17) is 0 Å². The van der Waals surface area contributed by atoms with Gasteiger partial charge in [0.25, 0.3) is 0 Å². The first kappa shape index (κ1) is 21.8. The van der Waals surface area contributed by atoms with E-state index in [1.807, 2.05) is 12.1 Å². The van der Waals surface area contributed by atoms with Crippen LogP contribution in [0.2, 0.25) is 0 Å². The van der Waals surface area contributed by atoms with Crippen LogP contribution in [0.1, 0.15) is 0 Å². The Morgan fingerprint density at radius 3 is 1.39 bits per heavy atom. The Hall–Kier alpha value is -5.50. The molecule has 0 aliphatic heterocycles. The Kier molecular flexibility index (Phi) is 5.26. The summed E-state index contributed by atoms with van der Waals surface area (Å²) in [5.41, 5.74) is 8.92. The molecule has 8 heteroatoms. The SMILES string of the molecule is c1cc(-c2ccc3ncnc(-c4cnccn4)c3c2)cc(-c2ccc3ncnc(-c4cnccn4)c3c2)c1. The van der Waals surface area contributed by atoms with Crippen LogP contribution in [0.5, 0.6) is 0 Å². The monoisotopic (exact) mass is 490 g/mol. The summed E-state index contributed by atoms with van der Waals surface area (Å²) in [6.45, 7) is 0. The topological polar surface area (TPSA) is 103 Å². The van der Waals surface area contributed by atoms with Gasteiger partial charge in [0.2, 0.25) is 0 Å². The van der Waals surface area contributed by atoms with Gasteiger partial charge in [-0.2, -0.15) is 0 Å². The lowest BCUT2D eigenvalue weighted by Gasteiger charge is -2.10. The number of benzene rings is 3. The summed E-state index contributed by atoms with van der Waals surface area (Å²) in [7, 11) is 0. The molecule has 0 saturated heterocycles. The van der Waals surface area contributed by atoms with Crippen molar-refractivity contribution in [2.75, 3.05) is 0 Å². The van der Waals surface area contributed by atoms with Crippen molar-refractivity contribution in [2.45, 2.75) is 0 Å². The van der Waals surface area contributed by atoms with Crippen LogP contribution >= 0.6 is 0 Å². The quantitative estimate of drug-likeness (QED) is 0.304. The normalized spacial score (nSPS) is 11.2. The molecule has 0 atom stereocenters. The lowest BCUT2D eigenvalue weighted by Crippen LogP contribution is -1.93. The third-order valence-electron chi connectivity index (χ3n) is 6.41. The predicted octanol–water partition coefficient (Wildman–Crippen LogP) is 5.82. The summed E-state index contributed by atoms with van der Waals surface area (Å²) in [5, 5.41) is 1.85. The van der Waals surface area contributed by atoms with Crippen LogP contribution in [-0.4, -0.2) is 39.9 Å². The highest BCUT2D eigenvalue weighted by atomic mass is 14.9. The van der Waals surface area contributed by atoms with Gasteiger partial charge in [-0.3, -0.25) is 19.9 Å². The Morgan fingerprint density at radius 2 is 0.921 bits per heavy atom. The fourth-order valence-corrected chi connectivity index (χ4v) is 4.60. The van der Waals surface area contributed by atoms with E-state index in [2.05, 4.69) is 88.4 Å². The van der Waals surface area contributed by atoms with Crippen molar-refractivity contribution in [2.24, 2.45) is 0 Å². The second-order valence-corrected chi connectivity index (χ2v) is 8.67. The molecule has 38 heavy (non-hydrogen) atoms. The Morgan fingerprint density at radius 1 is 0.421 bits per heavy atom. The second-order valence-electron chi connectivity index (χ2n) is 8.67. The molecule has 3 aromatic carbocycles. The van der Waals surface area contributed by atoms with Gasteiger partial charge in [0.1, 0.15) is 35.4 Å². The minimum absolute atomic E-state index is 0.711. The molecule has 7 aromatic rings. The first-order valence-corrected chi connectivity index (χ1v) is 12.0. The average molecular weight is 491 g/mol. The molecule has 0 spiro atoms. The van der Waals surface area contributed by atoms with Gasteiger partial charge >= 0.3 is 0 Å². The van der Waals surface area contributed by atoms with Crippen molar-refractivity contribution in [3.8, 4) is 45.0 Å². The molecule has 0 aliphatic carbocycles. The van der Waals surface area contributed by atoms with Gasteiger partial charge < -0.3 is 0 Å². The molecule has 178 valence electrons. The molecule has 8 nitrogen and oxygen atoms in total. The van der Waals surface area contributed by atoms with E-state index >= 15 is 0 Å². The highest BCUT2D eigenvalue weighted by molar-refractivity contribution is 5.96. The number of aromatic nitrogens is 8. The number of rotatable bonds is 4. The minimum atomic E-state index is 0.711.